The standard InChI is InChI=1S/C14H20N4O3/c15-11-2-5-18(6-3-11)9-13(19)17-8-12-7-10(14(20)21)1-4-16-12/h1,4,7,11H,2-3,5-6,8-9,15H2,(H,17,19)(H,20,21). The Labute approximate surface area is 123 Å². The molecule has 114 valence electrons. The number of aromatic carboxylic acids is 1. The van der Waals surface area contributed by atoms with Crippen LogP contribution in [-0.2, 0) is 11.3 Å². The Morgan fingerprint density at radius 1 is 1.43 bits per heavy atom. The minimum absolute atomic E-state index is 0.0898. The van der Waals surface area contributed by atoms with Crippen molar-refractivity contribution >= 4 is 11.9 Å². The summed E-state index contributed by atoms with van der Waals surface area (Å²) in [6, 6.07) is 3.12. The summed E-state index contributed by atoms with van der Waals surface area (Å²) >= 11 is 0. The zero-order valence-electron chi connectivity index (χ0n) is 11.8. The number of aromatic nitrogens is 1. The fourth-order valence-electron chi connectivity index (χ4n) is 2.27. The third-order valence-corrected chi connectivity index (χ3v) is 3.53. The van der Waals surface area contributed by atoms with Crippen molar-refractivity contribution in [2.75, 3.05) is 19.6 Å². The molecule has 7 heteroatoms. The van der Waals surface area contributed by atoms with E-state index in [1.54, 1.807) is 0 Å². The summed E-state index contributed by atoms with van der Waals surface area (Å²) in [7, 11) is 0. The van der Waals surface area contributed by atoms with Crippen molar-refractivity contribution in [2.24, 2.45) is 5.73 Å². The molecule has 1 saturated heterocycles. The molecule has 0 aromatic carbocycles. The van der Waals surface area contributed by atoms with Gasteiger partial charge in [0.25, 0.3) is 0 Å². The summed E-state index contributed by atoms with van der Waals surface area (Å²) in [6.07, 6.45) is 3.25. The molecule has 1 aromatic rings. The Balaban J connectivity index is 1.78. The molecule has 2 rings (SSSR count). The van der Waals surface area contributed by atoms with Gasteiger partial charge in [0, 0.05) is 25.3 Å². The minimum Gasteiger partial charge on any atom is -0.478 e. The first kappa shape index (κ1) is 15.4. The second-order valence-electron chi connectivity index (χ2n) is 5.23. The molecular formula is C14H20N4O3. The number of nitrogens with one attached hydrogen (secondary N) is 1. The molecular weight excluding hydrogens is 272 g/mol. The number of carboxylic acids is 1. The lowest BCUT2D eigenvalue weighted by atomic mass is 10.1. The average molecular weight is 292 g/mol. The van der Waals surface area contributed by atoms with E-state index in [0.717, 1.165) is 25.9 Å². The van der Waals surface area contributed by atoms with Crippen molar-refractivity contribution < 1.29 is 14.7 Å². The summed E-state index contributed by atoms with van der Waals surface area (Å²) in [6.45, 7) is 2.24. The van der Waals surface area contributed by atoms with Crippen LogP contribution in [0.25, 0.3) is 0 Å². The maximum atomic E-state index is 11.9. The van der Waals surface area contributed by atoms with Gasteiger partial charge in [-0.25, -0.2) is 4.79 Å². The first-order valence-electron chi connectivity index (χ1n) is 6.97. The zero-order valence-corrected chi connectivity index (χ0v) is 11.8. The highest BCUT2D eigenvalue weighted by Crippen LogP contribution is 2.07. The molecule has 21 heavy (non-hydrogen) atoms. The molecule has 0 saturated carbocycles. The van der Waals surface area contributed by atoms with E-state index in [-0.39, 0.29) is 24.1 Å². The first-order valence-corrected chi connectivity index (χ1v) is 6.97. The summed E-state index contributed by atoms with van der Waals surface area (Å²) in [5.74, 6) is -1.09. The monoisotopic (exact) mass is 292 g/mol. The number of carboxylic acid groups (broad SMARTS) is 1. The third-order valence-electron chi connectivity index (χ3n) is 3.53. The van der Waals surface area contributed by atoms with Crippen LogP contribution in [0.3, 0.4) is 0 Å². The molecule has 0 unspecified atom stereocenters. The fraction of sp³-hybridized carbons (Fsp3) is 0.500. The van der Waals surface area contributed by atoms with Gasteiger partial charge in [0.15, 0.2) is 0 Å². The lowest BCUT2D eigenvalue weighted by molar-refractivity contribution is -0.122. The maximum Gasteiger partial charge on any atom is 0.335 e. The Morgan fingerprint density at radius 3 is 2.81 bits per heavy atom. The molecule has 1 aliphatic rings. The number of carbonyl (C=O) groups excluding carboxylic acids is 1. The number of hydrogen-bond donors (Lipinski definition) is 3. The van der Waals surface area contributed by atoms with Gasteiger partial charge >= 0.3 is 5.97 Å². The van der Waals surface area contributed by atoms with Crippen LogP contribution < -0.4 is 11.1 Å². The zero-order chi connectivity index (χ0) is 15.2. The molecule has 0 aliphatic carbocycles. The van der Waals surface area contributed by atoms with Crippen molar-refractivity contribution in [3.8, 4) is 0 Å². The van der Waals surface area contributed by atoms with E-state index >= 15 is 0 Å². The van der Waals surface area contributed by atoms with Gasteiger partial charge in [-0.3, -0.25) is 14.7 Å². The predicted molar refractivity (Wildman–Crippen MR) is 76.7 cm³/mol. The van der Waals surface area contributed by atoms with Crippen molar-refractivity contribution in [1.82, 2.24) is 15.2 Å². The number of amides is 1. The molecule has 1 aromatic heterocycles. The van der Waals surface area contributed by atoms with Crippen molar-refractivity contribution in [3.63, 3.8) is 0 Å². The SMILES string of the molecule is NC1CCN(CC(=O)NCc2cc(C(=O)O)ccn2)CC1. The molecule has 1 amide bonds. The van der Waals surface area contributed by atoms with Gasteiger partial charge < -0.3 is 16.2 Å². The van der Waals surface area contributed by atoms with Crippen LogP contribution in [0.15, 0.2) is 18.3 Å². The highest BCUT2D eigenvalue weighted by atomic mass is 16.4. The van der Waals surface area contributed by atoms with Crippen LogP contribution in [0, 0.1) is 0 Å². The van der Waals surface area contributed by atoms with E-state index in [1.165, 1.54) is 18.3 Å². The molecule has 1 fully saturated rings. The van der Waals surface area contributed by atoms with E-state index in [2.05, 4.69) is 15.2 Å². The molecule has 1 aliphatic heterocycles. The average Bonchev–Trinajstić information content (AvgIpc) is 2.48. The number of carbonyl (C=O) groups is 2. The van der Waals surface area contributed by atoms with Crippen LogP contribution in [0.1, 0.15) is 28.9 Å². The van der Waals surface area contributed by atoms with E-state index in [4.69, 9.17) is 10.8 Å². The molecule has 4 N–H and O–H groups in total. The van der Waals surface area contributed by atoms with Gasteiger partial charge in [0.1, 0.15) is 0 Å². The summed E-state index contributed by atoms with van der Waals surface area (Å²) in [4.78, 5) is 28.8. The van der Waals surface area contributed by atoms with Gasteiger partial charge in [-0.1, -0.05) is 0 Å². The Bertz CT molecular complexity index is 513. The number of piperidine rings is 1. The fourth-order valence-corrected chi connectivity index (χ4v) is 2.27. The highest BCUT2D eigenvalue weighted by Gasteiger charge is 2.18. The number of nitrogens with two attached hydrogens (primary N) is 1. The van der Waals surface area contributed by atoms with Crippen molar-refractivity contribution in [1.29, 1.82) is 0 Å². The molecule has 0 radical (unpaired) electrons. The smallest absolute Gasteiger partial charge is 0.335 e. The maximum absolute atomic E-state index is 11.9. The molecule has 0 spiro atoms. The Kier molecular flexibility index (Phi) is 5.24. The highest BCUT2D eigenvalue weighted by molar-refractivity contribution is 5.87. The van der Waals surface area contributed by atoms with Gasteiger partial charge in [-0.05, 0) is 25.0 Å². The Hall–Kier alpha value is -1.99. The number of nitrogens with zero attached hydrogens (tertiary/aromatic N) is 2. The van der Waals surface area contributed by atoms with Gasteiger partial charge in [-0.15, -0.1) is 0 Å². The van der Waals surface area contributed by atoms with Gasteiger partial charge in [-0.2, -0.15) is 0 Å². The van der Waals surface area contributed by atoms with Crippen molar-refractivity contribution in [3.05, 3.63) is 29.6 Å². The number of pyridine rings is 1. The predicted octanol–water partition coefficient (Wildman–Crippen LogP) is -0.181. The lowest BCUT2D eigenvalue weighted by Gasteiger charge is -2.29. The topological polar surface area (TPSA) is 109 Å². The van der Waals surface area contributed by atoms with Crippen LogP contribution in [0.2, 0.25) is 0 Å². The minimum atomic E-state index is -1.00. The number of rotatable bonds is 5. The molecule has 7 nitrogen and oxygen atoms in total. The van der Waals surface area contributed by atoms with E-state index in [9.17, 15) is 9.59 Å². The van der Waals surface area contributed by atoms with Crippen molar-refractivity contribution in [2.45, 2.75) is 25.4 Å². The Morgan fingerprint density at radius 2 is 2.14 bits per heavy atom. The quantitative estimate of drug-likeness (QED) is 0.694. The molecule has 2 heterocycles. The van der Waals surface area contributed by atoms with E-state index in [1.807, 2.05) is 0 Å². The van der Waals surface area contributed by atoms with E-state index < -0.39 is 5.97 Å². The third kappa shape index (κ3) is 4.80. The second-order valence-corrected chi connectivity index (χ2v) is 5.23. The summed E-state index contributed by atoms with van der Waals surface area (Å²) < 4.78 is 0. The molecule has 0 bridgehead atoms. The van der Waals surface area contributed by atoms with Crippen LogP contribution in [0.4, 0.5) is 0 Å². The normalized spacial score (nSPS) is 16.6. The van der Waals surface area contributed by atoms with Crippen LogP contribution in [0.5, 0.6) is 0 Å². The number of likely N-dealkylation sites (tertiary alicyclic amines) is 1. The van der Waals surface area contributed by atoms with Crippen LogP contribution in [-0.4, -0.2) is 52.5 Å². The second kappa shape index (κ2) is 7.14. The van der Waals surface area contributed by atoms with Gasteiger partial charge in [0.2, 0.25) is 5.91 Å². The lowest BCUT2D eigenvalue weighted by Crippen LogP contribution is -2.44. The molecule has 0 atom stereocenters. The first-order chi connectivity index (χ1) is 10.0. The van der Waals surface area contributed by atoms with Crippen LogP contribution >= 0.6 is 0 Å². The largest absolute Gasteiger partial charge is 0.478 e. The van der Waals surface area contributed by atoms with E-state index in [0.29, 0.717) is 12.2 Å². The summed E-state index contributed by atoms with van der Waals surface area (Å²) in [5.41, 5.74) is 6.51. The number of hydrogen-bond acceptors (Lipinski definition) is 5. The van der Waals surface area contributed by atoms with Gasteiger partial charge in [0.05, 0.1) is 24.3 Å². The summed E-state index contributed by atoms with van der Waals surface area (Å²) in [5, 5.41) is 11.6.